The maximum Gasteiger partial charge on any atom is 0.0710 e. The minimum atomic E-state index is -0.176. The van der Waals surface area contributed by atoms with Crippen LogP contribution < -0.4 is 0 Å². The molecule has 0 radical (unpaired) electrons. The summed E-state index contributed by atoms with van der Waals surface area (Å²) in [5.74, 6) is 50.2. The van der Waals surface area contributed by atoms with Crippen LogP contribution in [0.1, 0.15) is 70.6 Å². The van der Waals surface area contributed by atoms with Crippen molar-refractivity contribution >= 4 is 287 Å². The molecule has 500 valence electrons. The Labute approximate surface area is 625 Å². The molecule has 0 unspecified atom stereocenters. The summed E-state index contributed by atoms with van der Waals surface area (Å²) < 4.78 is 15.4. The molecule has 0 N–H and O–H groups in total. The van der Waals surface area contributed by atoms with Gasteiger partial charge in [-0.15, -0.1) is 0 Å². The minimum Gasteiger partial charge on any atom is -0.375 e. The molecule has 0 bridgehead atoms. The van der Waals surface area contributed by atoms with Gasteiger partial charge in [-0.3, -0.25) is 0 Å². The van der Waals surface area contributed by atoms with Gasteiger partial charge in [0.2, 0.25) is 0 Å². The number of hydrogen-bond donors (Lipinski definition) is 6. The Morgan fingerprint density at radius 2 is 0.325 bits per heavy atom. The van der Waals surface area contributed by atoms with Crippen molar-refractivity contribution in [1.82, 2.24) is 0 Å². The fourth-order valence-electron chi connectivity index (χ4n) is 8.10. The van der Waals surface area contributed by atoms with E-state index in [-0.39, 0.29) is 11.2 Å². The first-order valence-electron chi connectivity index (χ1n) is 30.4. The van der Waals surface area contributed by atoms with Gasteiger partial charge in [0.15, 0.2) is 0 Å². The van der Waals surface area contributed by atoms with E-state index >= 15 is 0 Å². The van der Waals surface area contributed by atoms with Gasteiger partial charge in [0.05, 0.1) is 11.2 Å². The van der Waals surface area contributed by atoms with Crippen molar-refractivity contribution in [3.8, 4) is 0 Å². The second-order valence-corrected chi connectivity index (χ2v) is 43.5. The normalized spacial score (nSPS) is 12.2. The number of ether oxygens (including phenoxy) is 2. The van der Waals surface area contributed by atoms with Crippen LogP contribution in [0.3, 0.4) is 0 Å². The first-order valence-corrected chi connectivity index (χ1v) is 55.0. The van der Waals surface area contributed by atoms with Crippen molar-refractivity contribution in [1.29, 1.82) is 0 Å². The summed E-state index contributed by atoms with van der Waals surface area (Å²) in [5, 5.41) is 0. The van der Waals surface area contributed by atoms with Crippen LogP contribution in [0, 0.1) is 0 Å². The molecule has 0 aromatic heterocycles. The molecule has 0 heterocycles. The van der Waals surface area contributed by atoms with Gasteiger partial charge in [-0.25, -0.2) is 0 Å². The van der Waals surface area contributed by atoms with Crippen LogP contribution in [-0.4, -0.2) is 266 Å². The van der Waals surface area contributed by atoms with Crippen LogP contribution in [0.25, 0.3) is 0 Å². The summed E-state index contributed by atoms with van der Waals surface area (Å²) in [5.41, 5.74) is -0.351. The fraction of sp³-hybridized carbons (Fsp3) is 1.00. The predicted molar refractivity (Wildman–Crippen MR) is 463 cm³/mol. The Hall–Kier alpha value is 8.32. The highest BCUT2D eigenvalue weighted by atomic mass is 32.2. The average Bonchev–Trinajstić information content (AvgIpc) is 3.61. The molecule has 0 aromatic carbocycles. The van der Waals surface area contributed by atoms with E-state index in [1.54, 1.807) is 0 Å². The van der Waals surface area contributed by atoms with Gasteiger partial charge in [0.25, 0.3) is 0 Å². The van der Waals surface area contributed by atoms with E-state index in [4.69, 9.17) is 9.47 Å². The van der Waals surface area contributed by atoms with E-state index < -0.39 is 0 Å². The third kappa shape index (κ3) is 70.0. The Balaban J connectivity index is 6.68. The topological polar surface area (TPSA) is 18.5 Å². The lowest BCUT2D eigenvalue weighted by molar-refractivity contribution is -0.143. The molecule has 0 aliphatic carbocycles. The molecule has 0 saturated heterocycles. The first-order chi connectivity index (χ1) is 41.1. The molecule has 0 saturated carbocycles. The highest BCUT2D eigenvalue weighted by Crippen LogP contribution is 2.42. The lowest BCUT2D eigenvalue weighted by atomic mass is 9.76. The standard InChI is InChI=1S/C57H116O2S24/c60-13-25-72-37-49-78-43-31-66-19-1-7-56(8-2-20-67-32-44-79-50-38-73-26-14-61,58-11-5-23-70-35-47-82-53-41-76-29-17-64)55-57(9-3-21-68-33-45-80-51-39-74-27-15-62,10-4-22-69-34-46-81-52-40-75-28-16-63)59-12-6-24-71-36-48-83-54-42-77-30-18-65/h60-65H,1-55H2. The molecule has 0 aliphatic rings. The maximum absolute atomic E-state index is 7.69. The lowest BCUT2D eigenvalue weighted by Gasteiger charge is -2.44. The minimum absolute atomic E-state index is 0.176. The molecule has 0 amide bonds. The Morgan fingerprint density at radius 1 is 0.181 bits per heavy atom. The molecule has 26 heteroatoms. The second-order valence-electron chi connectivity index (χ2n) is 18.7. The molecule has 0 fully saturated rings. The van der Waals surface area contributed by atoms with E-state index in [9.17, 15) is 0 Å². The molecule has 2 nitrogen and oxygen atoms in total. The third-order valence-corrected chi connectivity index (χ3v) is 36.4. The van der Waals surface area contributed by atoms with Gasteiger partial charge in [-0.2, -0.15) is 287 Å². The summed E-state index contributed by atoms with van der Waals surface area (Å²) in [7, 11) is 0. The number of thioether (sulfide) groups is 18. The molecule has 0 rings (SSSR count). The molecule has 0 spiro atoms. The van der Waals surface area contributed by atoms with Crippen molar-refractivity contribution in [3.63, 3.8) is 0 Å². The van der Waals surface area contributed by atoms with Crippen molar-refractivity contribution in [2.45, 2.75) is 81.8 Å². The van der Waals surface area contributed by atoms with Crippen LogP contribution in [0.5, 0.6) is 0 Å². The summed E-state index contributed by atoms with van der Waals surface area (Å²) in [4.78, 5) is 0. The van der Waals surface area contributed by atoms with Crippen molar-refractivity contribution < 1.29 is 9.47 Å². The Bertz CT molecular complexity index is 1060. The second kappa shape index (κ2) is 79.3. The zero-order valence-corrected chi connectivity index (χ0v) is 70.8. The molecule has 83 heavy (non-hydrogen) atoms. The zero-order valence-electron chi connectivity index (χ0n) is 50.7. The van der Waals surface area contributed by atoms with E-state index in [1.807, 2.05) is 23.5 Å². The van der Waals surface area contributed by atoms with Gasteiger partial charge < -0.3 is 9.47 Å². The summed E-state index contributed by atoms with van der Waals surface area (Å²) in [6.45, 7) is 1.73. The average molecular weight is 1600 g/mol. The predicted octanol–water partition coefficient (Wildman–Crippen LogP) is 19.6. The largest absolute Gasteiger partial charge is 0.375 e. The van der Waals surface area contributed by atoms with Gasteiger partial charge in [-0.05, 0) is 133 Å². The Morgan fingerprint density at radius 3 is 0.494 bits per heavy atom. The first kappa shape index (κ1) is 91.3. The van der Waals surface area contributed by atoms with Gasteiger partial charge in [0.1, 0.15) is 0 Å². The van der Waals surface area contributed by atoms with E-state index in [0.717, 1.165) is 127 Å². The highest BCUT2D eigenvalue weighted by molar-refractivity contribution is 8.07. The molecular weight excluding hydrogens is 1490 g/mol. The van der Waals surface area contributed by atoms with Crippen molar-refractivity contribution in [2.24, 2.45) is 0 Å². The monoisotopic (exact) mass is 1600 g/mol. The van der Waals surface area contributed by atoms with Crippen molar-refractivity contribution in [2.75, 3.05) is 255 Å². The van der Waals surface area contributed by atoms with Crippen LogP contribution in [0.4, 0.5) is 0 Å². The van der Waals surface area contributed by atoms with Crippen LogP contribution in [-0.2, 0) is 9.47 Å². The van der Waals surface area contributed by atoms with Gasteiger partial charge in [0, 0.05) is 192 Å². The fourth-order valence-corrected chi connectivity index (χ4v) is 28.2. The lowest BCUT2D eigenvalue weighted by Crippen LogP contribution is -2.46. The van der Waals surface area contributed by atoms with E-state index in [0.29, 0.717) is 0 Å². The smallest absolute Gasteiger partial charge is 0.0710 e. The summed E-state index contributed by atoms with van der Waals surface area (Å²) in [6, 6.07) is 0. The van der Waals surface area contributed by atoms with Crippen LogP contribution in [0.2, 0.25) is 0 Å². The van der Waals surface area contributed by atoms with Crippen molar-refractivity contribution in [3.05, 3.63) is 0 Å². The maximum atomic E-state index is 7.69. The van der Waals surface area contributed by atoms with E-state index in [1.165, 1.54) is 198 Å². The highest BCUT2D eigenvalue weighted by Gasteiger charge is 2.42. The number of hydrogen-bond acceptors (Lipinski definition) is 26. The quantitative estimate of drug-likeness (QED) is 0.0256. The molecule has 0 aromatic rings. The molecule has 0 atom stereocenters. The van der Waals surface area contributed by atoms with E-state index in [2.05, 4.69) is 264 Å². The summed E-state index contributed by atoms with van der Waals surface area (Å²) >= 11 is 64.6. The molecule has 0 aliphatic heterocycles. The summed E-state index contributed by atoms with van der Waals surface area (Å²) in [6.07, 6.45) is 12.8. The third-order valence-electron chi connectivity index (χ3n) is 11.9. The van der Waals surface area contributed by atoms with Crippen LogP contribution >= 0.6 is 287 Å². The zero-order chi connectivity index (χ0) is 60.0. The SMILES string of the molecule is SCCSCCSCCSCCCOC(CCCSCCSCCSCCS)(CCCSCCSCCSCCS)CC(CCCSCCSCCSCCS)(CCCSCCSCCSCCS)OCCCSCCSCCSCCS. The number of thiol groups is 6. The number of rotatable bonds is 76. The van der Waals surface area contributed by atoms with Gasteiger partial charge >= 0.3 is 0 Å². The molecular formula is C57H116O2S24. The van der Waals surface area contributed by atoms with Gasteiger partial charge in [-0.1, -0.05) is 0 Å². The van der Waals surface area contributed by atoms with Crippen LogP contribution in [0.15, 0.2) is 0 Å². The Kier molecular flexibility index (Phi) is 87.3.